The quantitative estimate of drug-likeness (QED) is 0.743. The van der Waals surface area contributed by atoms with E-state index in [-0.39, 0.29) is 5.56 Å². The highest BCUT2D eigenvalue weighted by Crippen LogP contribution is 2.35. The summed E-state index contributed by atoms with van der Waals surface area (Å²) in [6.07, 6.45) is 1.99. The molecule has 0 radical (unpaired) electrons. The van der Waals surface area contributed by atoms with Gasteiger partial charge in [-0.3, -0.25) is 4.79 Å². The molecular weight excluding hydrogens is 296 g/mol. The maximum absolute atomic E-state index is 13.8. The summed E-state index contributed by atoms with van der Waals surface area (Å²) in [5.41, 5.74) is 3.00. The van der Waals surface area contributed by atoms with E-state index in [1.807, 2.05) is 24.3 Å². The molecule has 0 unspecified atom stereocenters. The number of anilines is 1. The zero-order valence-corrected chi connectivity index (χ0v) is 12.2. The third kappa shape index (κ3) is 2.27. The van der Waals surface area contributed by atoms with Crippen molar-refractivity contribution in [2.75, 3.05) is 5.32 Å². The average Bonchev–Trinajstić information content (AvgIpc) is 2.95. The van der Waals surface area contributed by atoms with E-state index < -0.39 is 17.5 Å². The number of carbonyl (C=O) groups excluding carboxylic acids is 1. The predicted molar refractivity (Wildman–Crippen MR) is 85.7 cm³/mol. The van der Waals surface area contributed by atoms with E-state index >= 15 is 0 Å². The van der Waals surface area contributed by atoms with Crippen LogP contribution in [0.2, 0.25) is 0 Å². The van der Waals surface area contributed by atoms with Crippen molar-refractivity contribution in [2.24, 2.45) is 0 Å². The molecule has 4 rings (SSSR count). The van der Waals surface area contributed by atoms with Crippen LogP contribution in [-0.2, 0) is 12.8 Å². The predicted octanol–water partition coefficient (Wildman–Crippen LogP) is 4.47. The van der Waals surface area contributed by atoms with Crippen molar-refractivity contribution in [3.05, 3.63) is 76.9 Å². The topological polar surface area (TPSA) is 29.1 Å². The van der Waals surface area contributed by atoms with Crippen molar-refractivity contribution in [1.29, 1.82) is 0 Å². The number of hydrogen-bond donors (Lipinski definition) is 1. The summed E-state index contributed by atoms with van der Waals surface area (Å²) in [4.78, 5) is 12.3. The monoisotopic (exact) mass is 309 g/mol. The van der Waals surface area contributed by atoms with E-state index in [9.17, 15) is 13.6 Å². The highest BCUT2D eigenvalue weighted by atomic mass is 19.1. The minimum absolute atomic E-state index is 0.172. The Morgan fingerprint density at radius 1 is 0.957 bits per heavy atom. The summed E-state index contributed by atoms with van der Waals surface area (Å²) in [6, 6.07) is 12.8. The molecule has 0 aromatic heterocycles. The first-order valence-corrected chi connectivity index (χ1v) is 7.43. The maximum atomic E-state index is 13.8. The molecule has 3 aromatic carbocycles. The fraction of sp³-hybridized carbons (Fsp3) is 0.105. The molecular formula is C19H13F2NO. The molecule has 0 spiro atoms. The lowest BCUT2D eigenvalue weighted by Gasteiger charge is -2.11. The molecule has 1 aliphatic rings. The molecule has 0 bridgehead atoms. The Labute approximate surface area is 131 Å². The fourth-order valence-electron chi connectivity index (χ4n) is 3.22. The summed E-state index contributed by atoms with van der Waals surface area (Å²) in [5, 5.41) is 4.87. The van der Waals surface area contributed by atoms with Crippen molar-refractivity contribution in [1.82, 2.24) is 0 Å². The lowest BCUT2D eigenvalue weighted by Crippen LogP contribution is -2.14. The highest BCUT2D eigenvalue weighted by Gasteiger charge is 2.18. The van der Waals surface area contributed by atoms with Crippen LogP contribution in [0.5, 0.6) is 0 Å². The zero-order chi connectivity index (χ0) is 16.0. The van der Waals surface area contributed by atoms with Gasteiger partial charge in [0.05, 0.1) is 5.56 Å². The average molecular weight is 309 g/mol. The van der Waals surface area contributed by atoms with E-state index in [0.29, 0.717) is 11.8 Å². The summed E-state index contributed by atoms with van der Waals surface area (Å²) < 4.78 is 26.7. The summed E-state index contributed by atoms with van der Waals surface area (Å²) in [5.74, 6) is -2.15. The van der Waals surface area contributed by atoms with Crippen LogP contribution in [0.25, 0.3) is 10.8 Å². The number of rotatable bonds is 2. The normalized spacial score (nSPS) is 12.6. The number of amides is 1. The lowest BCUT2D eigenvalue weighted by molar-refractivity contribution is 0.102. The molecule has 1 aliphatic carbocycles. The minimum atomic E-state index is -0.867. The van der Waals surface area contributed by atoms with Crippen molar-refractivity contribution >= 4 is 22.4 Å². The number of aryl methyl sites for hydroxylation is 2. The Balaban J connectivity index is 1.75. The highest BCUT2D eigenvalue weighted by molar-refractivity contribution is 6.10. The van der Waals surface area contributed by atoms with Gasteiger partial charge in [0, 0.05) is 17.1 Å². The van der Waals surface area contributed by atoms with Crippen LogP contribution in [0.1, 0.15) is 21.5 Å². The molecule has 0 atom stereocenters. The van der Waals surface area contributed by atoms with Crippen LogP contribution in [-0.4, -0.2) is 5.91 Å². The Bertz CT molecular complexity index is 939. The van der Waals surface area contributed by atoms with Gasteiger partial charge in [0.15, 0.2) is 0 Å². The first kappa shape index (κ1) is 13.9. The lowest BCUT2D eigenvalue weighted by atomic mass is 10.0. The van der Waals surface area contributed by atoms with E-state index in [1.165, 1.54) is 16.5 Å². The number of nitrogens with one attached hydrogen (secondary N) is 1. The molecule has 0 heterocycles. The molecule has 4 heteroatoms. The van der Waals surface area contributed by atoms with Gasteiger partial charge in [-0.2, -0.15) is 0 Å². The first-order chi connectivity index (χ1) is 11.1. The van der Waals surface area contributed by atoms with E-state index in [0.717, 1.165) is 30.4 Å². The molecule has 0 fully saturated rings. The Morgan fingerprint density at radius 3 is 2.52 bits per heavy atom. The second kappa shape index (κ2) is 5.16. The Morgan fingerprint density at radius 2 is 1.74 bits per heavy atom. The molecule has 0 aliphatic heterocycles. The van der Waals surface area contributed by atoms with Crippen LogP contribution in [0.15, 0.2) is 48.5 Å². The Kier molecular flexibility index (Phi) is 3.11. The maximum Gasteiger partial charge on any atom is 0.258 e. The van der Waals surface area contributed by atoms with E-state index in [4.69, 9.17) is 0 Å². The molecule has 0 saturated carbocycles. The van der Waals surface area contributed by atoms with Crippen LogP contribution < -0.4 is 5.32 Å². The zero-order valence-electron chi connectivity index (χ0n) is 12.2. The van der Waals surface area contributed by atoms with Crippen molar-refractivity contribution in [3.63, 3.8) is 0 Å². The second-order valence-electron chi connectivity index (χ2n) is 5.69. The van der Waals surface area contributed by atoms with Gasteiger partial charge in [-0.05, 0) is 47.6 Å². The van der Waals surface area contributed by atoms with E-state index in [1.54, 1.807) is 0 Å². The Hall–Kier alpha value is -2.75. The van der Waals surface area contributed by atoms with Gasteiger partial charge in [0.1, 0.15) is 11.6 Å². The SMILES string of the molecule is O=C(Nc1ccc2c3c(cccc13)CC2)c1ccc(F)cc1F. The van der Waals surface area contributed by atoms with Gasteiger partial charge in [-0.1, -0.05) is 24.3 Å². The van der Waals surface area contributed by atoms with Crippen LogP contribution in [0.4, 0.5) is 14.5 Å². The van der Waals surface area contributed by atoms with Crippen LogP contribution in [0, 0.1) is 11.6 Å². The van der Waals surface area contributed by atoms with Crippen molar-refractivity contribution in [3.8, 4) is 0 Å². The van der Waals surface area contributed by atoms with Crippen LogP contribution in [0.3, 0.4) is 0 Å². The number of hydrogen-bond acceptors (Lipinski definition) is 1. The summed E-state index contributed by atoms with van der Waals surface area (Å²) in [7, 11) is 0. The first-order valence-electron chi connectivity index (χ1n) is 7.43. The van der Waals surface area contributed by atoms with Gasteiger partial charge in [-0.15, -0.1) is 0 Å². The molecule has 2 nitrogen and oxygen atoms in total. The van der Waals surface area contributed by atoms with E-state index in [2.05, 4.69) is 11.4 Å². The smallest absolute Gasteiger partial charge is 0.258 e. The number of benzene rings is 3. The van der Waals surface area contributed by atoms with Gasteiger partial charge in [-0.25, -0.2) is 8.78 Å². The van der Waals surface area contributed by atoms with Gasteiger partial charge in [0.25, 0.3) is 5.91 Å². The molecule has 114 valence electrons. The minimum Gasteiger partial charge on any atom is -0.321 e. The second-order valence-corrected chi connectivity index (χ2v) is 5.69. The largest absolute Gasteiger partial charge is 0.321 e. The third-order valence-corrected chi connectivity index (χ3v) is 4.30. The van der Waals surface area contributed by atoms with Crippen molar-refractivity contribution in [2.45, 2.75) is 12.8 Å². The number of carbonyl (C=O) groups is 1. The molecule has 0 saturated heterocycles. The van der Waals surface area contributed by atoms with Gasteiger partial charge < -0.3 is 5.32 Å². The molecule has 1 amide bonds. The molecule has 23 heavy (non-hydrogen) atoms. The summed E-state index contributed by atoms with van der Waals surface area (Å²) in [6.45, 7) is 0. The summed E-state index contributed by atoms with van der Waals surface area (Å²) >= 11 is 0. The van der Waals surface area contributed by atoms with Crippen molar-refractivity contribution < 1.29 is 13.6 Å². The number of halogens is 2. The fourth-order valence-corrected chi connectivity index (χ4v) is 3.22. The standard InChI is InChI=1S/C19H13F2NO/c20-13-7-8-14(16(21)10-13)19(23)22-17-9-6-12-5-4-11-2-1-3-15(17)18(11)12/h1-3,6-10H,4-5H2,(H,22,23). The van der Waals surface area contributed by atoms with Crippen LogP contribution >= 0.6 is 0 Å². The molecule has 1 N–H and O–H groups in total. The molecule has 3 aromatic rings. The van der Waals surface area contributed by atoms with Gasteiger partial charge in [0.2, 0.25) is 0 Å². The van der Waals surface area contributed by atoms with Gasteiger partial charge >= 0.3 is 0 Å². The third-order valence-electron chi connectivity index (χ3n) is 4.30.